The maximum absolute atomic E-state index is 12.9. The van der Waals surface area contributed by atoms with Crippen LogP contribution in [0.4, 0.5) is 10.5 Å². The van der Waals surface area contributed by atoms with Gasteiger partial charge in [-0.1, -0.05) is 42.5 Å². The topological polar surface area (TPSA) is 183 Å². The number of pyridine rings is 1. The highest BCUT2D eigenvalue weighted by molar-refractivity contribution is 7.92. The first-order valence-corrected chi connectivity index (χ1v) is 13.5. The fraction of sp³-hybridized carbons (Fsp3) is 0.231. The Kier molecular flexibility index (Phi) is 10.2. The summed E-state index contributed by atoms with van der Waals surface area (Å²) in [4.78, 5) is 42.1. The Morgan fingerprint density at radius 1 is 1.02 bits per heavy atom. The Morgan fingerprint density at radius 3 is 2.50 bits per heavy atom. The maximum Gasteiger partial charge on any atom is 0.414 e. The van der Waals surface area contributed by atoms with Gasteiger partial charge >= 0.3 is 6.09 Å². The van der Waals surface area contributed by atoms with Crippen LogP contribution in [0.25, 0.3) is 0 Å². The molecular weight excluding hydrogens is 540 g/mol. The number of hydrogen-bond acceptors (Lipinski definition) is 8. The number of aromatic nitrogens is 1. The molecule has 1 heterocycles. The molecule has 0 aliphatic heterocycles. The number of alkyl carbamates (subject to hydrolysis) is 1. The van der Waals surface area contributed by atoms with E-state index in [0.717, 1.165) is 15.7 Å². The summed E-state index contributed by atoms with van der Waals surface area (Å²) in [6, 6.07) is 18.2. The highest BCUT2D eigenvalue weighted by Gasteiger charge is 2.18. The van der Waals surface area contributed by atoms with Crippen LogP contribution in [0.15, 0.2) is 81.6 Å². The number of carbonyl (C=O) groups excluding carboxylic acids is 2. The van der Waals surface area contributed by atoms with Crippen LogP contribution >= 0.6 is 0 Å². The molecule has 13 nitrogen and oxygen atoms in total. The maximum atomic E-state index is 12.9. The predicted molar refractivity (Wildman–Crippen MR) is 148 cm³/mol. The zero-order valence-electron chi connectivity index (χ0n) is 21.9. The Hall–Kier alpha value is -4.85. The number of oxime groups is 1. The van der Waals surface area contributed by atoms with Gasteiger partial charge in [-0.25, -0.2) is 13.2 Å². The van der Waals surface area contributed by atoms with Gasteiger partial charge in [-0.3, -0.25) is 19.6 Å². The van der Waals surface area contributed by atoms with E-state index in [2.05, 4.69) is 20.5 Å². The lowest BCUT2D eigenvalue weighted by Crippen LogP contribution is -2.37. The van der Waals surface area contributed by atoms with Crippen LogP contribution in [0, 0.1) is 13.8 Å². The highest BCUT2D eigenvalue weighted by Crippen LogP contribution is 2.15. The zero-order chi connectivity index (χ0) is 29.1. The molecule has 14 heteroatoms. The number of nitrogens with two attached hydrogens (primary N) is 1. The summed E-state index contributed by atoms with van der Waals surface area (Å²) in [5, 5.41) is 8.27. The summed E-state index contributed by atoms with van der Waals surface area (Å²) in [6.45, 7) is 3.00. The Labute approximate surface area is 231 Å². The smallest absolute Gasteiger partial charge is 0.414 e. The van der Waals surface area contributed by atoms with Crippen molar-refractivity contribution < 1.29 is 27.6 Å². The predicted octanol–water partition coefficient (Wildman–Crippen LogP) is 1.55. The van der Waals surface area contributed by atoms with Crippen molar-refractivity contribution in [3.63, 3.8) is 0 Å². The summed E-state index contributed by atoms with van der Waals surface area (Å²) in [5.74, 6) is -0.858. The van der Waals surface area contributed by atoms with Crippen molar-refractivity contribution in [2.75, 3.05) is 17.9 Å². The summed E-state index contributed by atoms with van der Waals surface area (Å²) in [7, 11) is -4.00. The first-order valence-electron chi connectivity index (χ1n) is 12.0. The van der Waals surface area contributed by atoms with Gasteiger partial charge in [0.15, 0.2) is 0 Å². The fourth-order valence-electron chi connectivity index (χ4n) is 3.37. The third kappa shape index (κ3) is 8.87. The molecule has 2 aromatic carbocycles. The second-order valence-corrected chi connectivity index (χ2v) is 10.2. The molecule has 3 rings (SSSR count). The molecule has 0 unspecified atom stereocenters. The second kappa shape index (κ2) is 13.8. The molecule has 0 spiro atoms. The van der Waals surface area contributed by atoms with Crippen LogP contribution in [0.1, 0.15) is 16.8 Å². The van der Waals surface area contributed by atoms with Gasteiger partial charge in [0.1, 0.15) is 25.4 Å². The van der Waals surface area contributed by atoms with Gasteiger partial charge in [0.05, 0.1) is 11.4 Å². The SMILES string of the molecule is Cc1cccc(S(=O)(=O)Nc2ccc(C)n(CC(=O)NCCO/N=C(\N)NC(=O)OCc3ccccc3)c2=O)c1. The van der Waals surface area contributed by atoms with Crippen molar-refractivity contribution >= 4 is 33.7 Å². The van der Waals surface area contributed by atoms with Crippen LogP contribution in [0.3, 0.4) is 0 Å². The summed E-state index contributed by atoms with van der Waals surface area (Å²) in [6.07, 6.45) is -0.814. The van der Waals surface area contributed by atoms with Crippen molar-refractivity contribution in [2.24, 2.45) is 10.9 Å². The van der Waals surface area contributed by atoms with E-state index in [1.165, 1.54) is 24.3 Å². The number of rotatable bonds is 11. The number of carbonyl (C=O) groups is 2. The van der Waals surface area contributed by atoms with E-state index in [1.807, 2.05) is 18.2 Å². The number of guanidine groups is 1. The van der Waals surface area contributed by atoms with Crippen LogP contribution < -0.4 is 26.6 Å². The monoisotopic (exact) mass is 570 g/mol. The number of hydrogen-bond donors (Lipinski definition) is 4. The summed E-state index contributed by atoms with van der Waals surface area (Å²) < 4.78 is 33.9. The number of nitrogens with zero attached hydrogens (tertiary/aromatic N) is 2. The van der Waals surface area contributed by atoms with Crippen LogP contribution in [-0.4, -0.2) is 44.1 Å². The summed E-state index contributed by atoms with van der Waals surface area (Å²) in [5.41, 5.74) is 6.70. The molecule has 0 radical (unpaired) electrons. The largest absolute Gasteiger partial charge is 0.444 e. The highest BCUT2D eigenvalue weighted by atomic mass is 32.2. The number of nitrogens with one attached hydrogen (secondary N) is 3. The van der Waals surface area contributed by atoms with Crippen molar-refractivity contribution in [1.29, 1.82) is 0 Å². The average Bonchev–Trinajstić information content (AvgIpc) is 2.92. The minimum absolute atomic E-state index is 0.0133. The molecular formula is C26H30N6O7S. The number of anilines is 1. The first kappa shape index (κ1) is 29.7. The molecule has 212 valence electrons. The van der Waals surface area contributed by atoms with Crippen molar-refractivity contribution in [2.45, 2.75) is 31.9 Å². The second-order valence-electron chi connectivity index (χ2n) is 8.55. The number of ether oxygens (including phenoxy) is 1. The quantitative estimate of drug-likeness (QED) is 0.116. The number of sulfonamides is 1. The lowest BCUT2D eigenvalue weighted by molar-refractivity contribution is -0.122. The van der Waals surface area contributed by atoms with E-state index in [4.69, 9.17) is 15.3 Å². The van der Waals surface area contributed by atoms with E-state index >= 15 is 0 Å². The molecule has 0 saturated heterocycles. The Balaban J connectivity index is 1.46. The van der Waals surface area contributed by atoms with E-state index < -0.39 is 27.6 Å². The third-order valence-electron chi connectivity index (χ3n) is 5.36. The standard InChI is InChI=1S/C26H30N6O7S/c1-18-7-6-10-21(15-18)40(36,37)31-22-12-11-19(2)32(24(22)34)16-23(33)28-13-14-39-30-25(27)29-26(35)38-17-20-8-4-3-5-9-20/h3-12,15,31H,13-14,16-17H2,1-2H3,(H,28,33)(H3,27,29,30,35). The fourth-order valence-corrected chi connectivity index (χ4v) is 4.53. The first-order chi connectivity index (χ1) is 19.0. The zero-order valence-corrected chi connectivity index (χ0v) is 22.7. The molecule has 0 aliphatic carbocycles. The van der Waals surface area contributed by atoms with Gasteiger partial charge < -0.3 is 25.2 Å². The Morgan fingerprint density at radius 2 is 1.77 bits per heavy atom. The van der Waals surface area contributed by atoms with Crippen LogP contribution in [0.5, 0.6) is 0 Å². The molecule has 40 heavy (non-hydrogen) atoms. The molecule has 1 aromatic heterocycles. The Bertz CT molecular complexity index is 1540. The van der Waals surface area contributed by atoms with Gasteiger partial charge in [-0.15, -0.1) is 0 Å². The van der Waals surface area contributed by atoms with Gasteiger partial charge in [0, 0.05) is 5.69 Å². The number of aryl methyl sites for hydroxylation is 2. The average molecular weight is 571 g/mol. The lowest BCUT2D eigenvalue weighted by Gasteiger charge is -2.13. The molecule has 2 amide bonds. The number of benzene rings is 2. The minimum Gasteiger partial charge on any atom is -0.444 e. The molecule has 3 aromatic rings. The van der Waals surface area contributed by atoms with E-state index in [9.17, 15) is 22.8 Å². The molecule has 0 atom stereocenters. The van der Waals surface area contributed by atoms with Crippen molar-refractivity contribution in [3.05, 3.63) is 93.9 Å². The van der Waals surface area contributed by atoms with E-state index in [1.54, 1.807) is 38.1 Å². The third-order valence-corrected chi connectivity index (χ3v) is 6.72. The van der Waals surface area contributed by atoms with E-state index in [-0.39, 0.29) is 42.8 Å². The molecule has 0 fully saturated rings. The van der Waals surface area contributed by atoms with Gasteiger partial charge in [-0.05, 0) is 54.4 Å². The molecule has 0 bridgehead atoms. The number of amides is 2. The van der Waals surface area contributed by atoms with Crippen LogP contribution in [0.2, 0.25) is 0 Å². The van der Waals surface area contributed by atoms with Crippen molar-refractivity contribution in [1.82, 2.24) is 15.2 Å². The van der Waals surface area contributed by atoms with Crippen LogP contribution in [-0.2, 0) is 37.5 Å². The normalized spacial score (nSPS) is 11.4. The summed E-state index contributed by atoms with van der Waals surface area (Å²) >= 11 is 0. The van der Waals surface area contributed by atoms with Gasteiger partial charge in [-0.2, -0.15) is 0 Å². The van der Waals surface area contributed by atoms with E-state index in [0.29, 0.717) is 5.69 Å². The molecule has 0 aliphatic rings. The van der Waals surface area contributed by atoms with Gasteiger partial charge in [0.2, 0.25) is 11.9 Å². The molecule has 5 N–H and O–H groups in total. The molecule has 0 saturated carbocycles. The van der Waals surface area contributed by atoms with Gasteiger partial charge in [0.25, 0.3) is 15.6 Å². The van der Waals surface area contributed by atoms with Crippen molar-refractivity contribution in [3.8, 4) is 0 Å². The minimum atomic E-state index is -4.00. The lowest BCUT2D eigenvalue weighted by atomic mass is 10.2.